The van der Waals surface area contributed by atoms with Crippen LogP contribution in [0.15, 0.2) is 12.2 Å². The zero-order chi connectivity index (χ0) is 12.8. The van der Waals surface area contributed by atoms with Crippen molar-refractivity contribution in [1.29, 1.82) is 0 Å². The minimum Gasteiger partial charge on any atom is -0.0885 e. The Labute approximate surface area is 110 Å². The molecule has 0 saturated carbocycles. The van der Waals surface area contributed by atoms with Gasteiger partial charge in [0.05, 0.1) is 0 Å². The van der Waals surface area contributed by atoms with Crippen LogP contribution >= 0.6 is 0 Å². The molecule has 17 heavy (non-hydrogen) atoms. The van der Waals surface area contributed by atoms with Crippen molar-refractivity contribution in [3.8, 4) is 0 Å². The van der Waals surface area contributed by atoms with E-state index in [0.717, 1.165) is 18.8 Å². The Balaban J connectivity index is 3.43. The largest absolute Gasteiger partial charge is 0.0885 e. The third-order valence-corrected chi connectivity index (χ3v) is 3.45. The molecule has 0 nitrogen and oxygen atoms in total. The fourth-order valence-electron chi connectivity index (χ4n) is 2.12. The normalized spacial score (nSPS) is 13.4. The van der Waals surface area contributed by atoms with Crippen LogP contribution in [0.1, 0.15) is 77.6 Å². The summed E-state index contributed by atoms with van der Waals surface area (Å²) < 4.78 is 0. The lowest BCUT2D eigenvalue weighted by Gasteiger charge is -2.11. The van der Waals surface area contributed by atoms with Gasteiger partial charge in [-0.05, 0) is 25.2 Å². The van der Waals surface area contributed by atoms with E-state index in [1.807, 2.05) is 0 Å². The zero-order valence-corrected chi connectivity index (χ0v) is 11.9. The number of unbranched alkanes of at least 4 members (excludes halogenated alkanes) is 6. The van der Waals surface area contributed by atoms with Gasteiger partial charge in [-0.1, -0.05) is 84.3 Å². The fourth-order valence-corrected chi connectivity index (χ4v) is 2.12. The molecule has 0 aliphatic carbocycles. The molecule has 0 amide bonds. The fraction of sp³-hybridized carbons (Fsp3) is 0.765. The van der Waals surface area contributed by atoms with Crippen LogP contribution in [0.25, 0.3) is 0 Å². The Hall–Kier alpha value is -0.260. The molecule has 0 fully saturated rings. The van der Waals surface area contributed by atoms with E-state index >= 15 is 0 Å². The molecule has 0 aromatic carbocycles. The summed E-state index contributed by atoms with van der Waals surface area (Å²) in [6, 6.07) is 0. The van der Waals surface area contributed by atoms with Gasteiger partial charge in [0.2, 0.25) is 0 Å². The van der Waals surface area contributed by atoms with Crippen molar-refractivity contribution in [2.75, 3.05) is 0 Å². The van der Waals surface area contributed by atoms with Crippen LogP contribution in [-0.2, 0) is 0 Å². The van der Waals surface area contributed by atoms with E-state index < -0.39 is 0 Å². The highest BCUT2D eigenvalue weighted by Gasteiger charge is 2.02. The lowest BCUT2D eigenvalue weighted by atomic mass is 9.95. The van der Waals surface area contributed by atoms with E-state index in [0.29, 0.717) is 0 Å². The average molecular weight is 236 g/mol. The van der Waals surface area contributed by atoms with Crippen LogP contribution in [0.4, 0.5) is 0 Å². The number of rotatable bonds is 12. The van der Waals surface area contributed by atoms with E-state index in [9.17, 15) is 0 Å². The Morgan fingerprint density at radius 2 is 1.59 bits per heavy atom. The minimum atomic E-state index is 0.901. The molecule has 2 radical (unpaired) electrons. The molecule has 0 N–H and O–H groups in total. The maximum Gasteiger partial charge on any atom is -0.0322 e. The first-order valence-corrected chi connectivity index (χ1v) is 7.58. The minimum absolute atomic E-state index is 0.901. The second-order valence-corrected chi connectivity index (χ2v) is 5.03. The monoisotopic (exact) mass is 236 g/mol. The molecule has 0 aromatic rings. The van der Waals surface area contributed by atoms with Crippen molar-refractivity contribution in [2.45, 2.75) is 77.6 Å². The van der Waals surface area contributed by atoms with Crippen LogP contribution in [-0.4, -0.2) is 0 Å². The average Bonchev–Trinajstić information content (AvgIpc) is 2.35. The molecule has 0 heteroatoms. The molecular formula is C17H32. The van der Waals surface area contributed by atoms with Gasteiger partial charge < -0.3 is 0 Å². The van der Waals surface area contributed by atoms with Gasteiger partial charge in [0.15, 0.2) is 0 Å². The Bertz CT molecular complexity index is 157. The van der Waals surface area contributed by atoms with Gasteiger partial charge in [-0.3, -0.25) is 0 Å². The van der Waals surface area contributed by atoms with Crippen LogP contribution in [0, 0.1) is 19.8 Å². The van der Waals surface area contributed by atoms with Gasteiger partial charge in [0.25, 0.3) is 0 Å². The maximum absolute atomic E-state index is 3.90. The molecule has 0 aliphatic rings. The van der Waals surface area contributed by atoms with Gasteiger partial charge in [-0.15, -0.1) is 0 Å². The lowest BCUT2D eigenvalue weighted by Crippen LogP contribution is -1.96. The van der Waals surface area contributed by atoms with Crippen LogP contribution in [0.2, 0.25) is 0 Å². The second kappa shape index (κ2) is 13.8. The quantitative estimate of drug-likeness (QED) is 0.282. The molecular weight excluding hydrogens is 204 g/mol. The molecule has 1 unspecified atom stereocenters. The smallest absolute Gasteiger partial charge is 0.0322 e. The first-order chi connectivity index (χ1) is 8.35. The number of hydrogen-bond acceptors (Lipinski definition) is 0. The molecule has 0 rings (SSSR count). The number of hydrogen-bond donors (Lipinski definition) is 0. The summed E-state index contributed by atoms with van der Waals surface area (Å²) in [5.41, 5.74) is 0. The predicted octanol–water partition coefficient (Wildman–Crippen LogP) is 6.14. The van der Waals surface area contributed by atoms with Crippen molar-refractivity contribution < 1.29 is 0 Å². The van der Waals surface area contributed by atoms with Crippen LogP contribution < -0.4 is 0 Å². The summed E-state index contributed by atoms with van der Waals surface area (Å²) in [6.07, 6.45) is 18.8. The van der Waals surface area contributed by atoms with E-state index in [4.69, 9.17) is 0 Å². The molecule has 0 aliphatic heterocycles. The molecule has 0 spiro atoms. The summed E-state index contributed by atoms with van der Waals surface area (Å²) in [5.74, 6) is 0.901. The summed E-state index contributed by atoms with van der Waals surface area (Å²) in [5, 5.41) is 0. The highest BCUT2D eigenvalue weighted by atomic mass is 14.1. The van der Waals surface area contributed by atoms with Crippen molar-refractivity contribution in [3.05, 3.63) is 26.0 Å². The van der Waals surface area contributed by atoms with Gasteiger partial charge >= 0.3 is 0 Å². The van der Waals surface area contributed by atoms with Crippen LogP contribution in [0.3, 0.4) is 0 Å². The van der Waals surface area contributed by atoms with Gasteiger partial charge in [0.1, 0.15) is 0 Å². The number of allylic oxidation sites excluding steroid dienone is 2. The standard InChI is InChI=1S/C17H32/c1-4-7-9-10-11-12-14-16-17(6-3)15-13-8-5-2/h12,14,17H,1-2,4-11,13,15-16H2,3H3/b14-12+. The molecule has 0 bridgehead atoms. The van der Waals surface area contributed by atoms with Gasteiger partial charge in [0, 0.05) is 0 Å². The summed E-state index contributed by atoms with van der Waals surface area (Å²) in [4.78, 5) is 0. The Morgan fingerprint density at radius 1 is 0.882 bits per heavy atom. The third kappa shape index (κ3) is 12.0. The van der Waals surface area contributed by atoms with E-state index in [1.165, 1.54) is 57.8 Å². The summed E-state index contributed by atoms with van der Waals surface area (Å²) in [7, 11) is 0. The first kappa shape index (κ1) is 16.7. The van der Waals surface area contributed by atoms with Crippen molar-refractivity contribution in [2.24, 2.45) is 5.92 Å². The summed E-state index contributed by atoms with van der Waals surface area (Å²) >= 11 is 0. The van der Waals surface area contributed by atoms with Crippen LogP contribution in [0.5, 0.6) is 0 Å². The van der Waals surface area contributed by atoms with Crippen molar-refractivity contribution >= 4 is 0 Å². The van der Waals surface area contributed by atoms with Crippen molar-refractivity contribution in [3.63, 3.8) is 0 Å². The van der Waals surface area contributed by atoms with Gasteiger partial charge in [-0.25, -0.2) is 0 Å². The van der Waals surface area contributed by atoms with E-state index in [-0.39, 0.29) is 0 Å². The maximum atomic E-state index is 3.90. The highest BCUT2D eigenvalue weighted by molar-refractivity contribution is 4.83. The third-order valence-electron chi connectivity index (χ3n) is 3.45. The molecule has 0 saturated heterocycles. The highest BCUT2D eigenvalue weighted by Crippen LogP contribution is 2.18. The SMILES string of the molecule is [CH2]CCCCC/C=C/CC(CC)CCCC[CH2]. The Kier molecular flexibility index (Phi) is 13.6. The van der Waals surface area contributed by atoms with E-state index in [2.05, 4.69) is 32.9 Å². The lowest BCUT2D eigenvalue weighted by molar-refractivity contribution is 0.451. The van der Waals surface area contributed by atoms with E-state index in [1.54, 1.807) is 0 Å². The summed E-state index contributed by atoms with van der Waals surface area (Å²) in [6.45, 7) is 10.1. The van der Waals surface area contributed by atoms with Crippen molar-refractivity contribution in [1.82, 2.24) is 0 Å². The van der Waals surface area contributed by atoms with Gasteiger partial charge in [-0.2, -0.15) is 0 Å². The molecule has 0 aromatic heterocycles. The Morgan fingerprint density at radius 3 is 2.24 bits per heavy atom. The molecule has 0 heterocycles. The first-order valence-electron chi connectivity index (χ1n) is 7.58. The zero-order valence-electron chi connectivity index (χ0n) is 11.9. The molecule has 100 valence electrons. The predicted molar refractivity (Wildman–Crippen MR) is 79.8 cm³/mol. The topological polar surface area (TPSA) is 0 Å². The second-order valence-electron chi connectivity index (χ2n) is 5.03. The molecule has 1 atom stereocenters.